The smallest absolute Gasteiger partial charge is 0.317 e. The molecule has 0 saturated carbocycles. The van der Waals surface area contributed by atoms with Crippen LogP contribution in [0.2, 0.25) is 0 Å². The Kier molecular flexibility index (Phi) is 9.25. The summed E-state index contributed by atoms with van der Waals surface area (Å²) in [7, 11) is 1.91. The fraction of sp³-hybridized carbons (Fsp3) is 0.632. The van der Waals surface area contributed by atoms with Crippen LogP contribution in [0.15, 0.2) is 18.2 Å². The van der Waals surface area contributed by atoms with Gasteiger partial charge in [0.05, 0.1) is 6.54 Å². The summed E-state index contributed by atoms with van der Waals surface area (Å²) in [5, 5.41) is 8.93. The Bertz CT molecular complexity index is 553. The first-order valence-electron chi connectivity index (χ1n) is 8.80. The van der Waals surface area contributed by atoms with Gasteiger partial charge >= 0.3 is 5.97 Å². The lowest BCUT2D eigenvalue weighted by molar-refractivity contribution is -0.138. The Balaban J connectivity index is 0.00000312. The zero-order chi connectivity index (χ0) is 17.5. The molecule has 2 rings (SSSR count). The fourth-order valence-corrected chi connectivity index (χ4v) is 3.29. The minimum Gasteiger partial charge on any atom is -0.492 e. The molecule has 1 heterocycles. The molecular weight excluding hydrogens is 340 g/mol. The first-order chi connectivity index (χ1) is 11.5. The molecule has 1 aromatic carbocycles. The van der Waals surface area contributed by atoms with Crippen molar-refractivity contribution in [1.29, 1.82) is 0 Å². The van der Waals surface area contributed by atoms with Crippen molar-refractivity contribution in [2.75, 3.05) is 39.8 Å². The predicted molar refractivity (Wildman–Crippen MR) is 103 cm³/mol. The van der Waals surface area contributed by atoms with Crippen molar-refractivity contribution in [3.05, 3.63) is 29.3 Å². The predicted octanol–water partition coefficient (Wildman–Crippen LogP) is 2.97. The fourth-order valence-electron chi connectivity index (χ4n) is 3.29. The number of aryl methyl sites for hydroxylation is 2. The van der Waals surface area contributed by atoms with Gasteiger partial charge in [-0.1, -0.05) is 12.1 Å². The molecule has 5 nitrogen and oxygen atoms in total. The van der Waals surface area contributed by atoms with E-state index in [4.69, 9.17) is 9.84 Å². The van der Waals surface area contributed by atoms with Gasteiger partial charge in [0.25, 0.3) is 0 Å². The van der Waals surface area contributed by atoms with Crippen molar-refractivity contribution >= 4 is 18.4 Å². The van der Waals surface area contributed by atoms with Crippen molar-refractivity contribution in [1.82, 2.24) is 9.80 Å². The van der Waals surface area contributed by atoms with Crippen LogP contribution in [0.25, 0.3) is 0 Å². The van der Waals surface area contributed by atoms with E-state index in [2.05, 4.69) is 36.9 Å². The summed E-state index contributed by atoms with van der Waals surface area (Å²) in [6.07, 6.45) is 3.20. The highest BCUT2D eigenvalue weighted by atomic mass is 35.5. The molecule has 6 heteroatoms. The van der Waals surface area contributed by atoms with Crippen LogP contribution in [-0.2, 0) is 4.79 Å². The highest BCUT2D eigenvalue weighted by molar-refractivity contribution is 5.85. The van der Waals surface area contributed by atoms with Crippen LogP contribution in [0.5, 0.6) is 5.75 Å². The summed E-state index contributed by atoms with van der Waals surface area (Å²) < 4.78 is 5.96. The van der Waals surface area contributed by atoms with E-state index in [1.54, 1.807) is 0 Å². The lowest BCUT2D eigenvalue weighted by atomic mass is 10.1. The van der Waals surface area contributed by atoms with Crippen LogP contribution in [0.4, 0.5) is 0 Å². The second kappa shape index (κ2) is 10.6. The van der Waals surface area contributed by atoms with Gasteiger partial charge in [0.15, 0.2) is 0 Å². The number of hydrogen-bond acceptors (Lipinski definition) is 4. The van der Waals surface area contributed by atoms with Crippen molar-refractivity contribution < 1.29 is 14.6 Å². The third-order valence-corrected chi connectivity index (χ3v) is 4.81. The van der Waals surface area contributed by atoms with E-state index in [1.807, 2.05) is 11.9 Å². The van der Waals surface area contributed by atoms with E-state index in [-0.39, 0.29) is 19.0 Å². The normalized spacial score (nSPS) is 18.5. The van der Waals surface area contributed by atoms with Gasteiger partial charge in [0.1, 0.15) is 12.4 Å². The van der Waals surface area contributed by atoms with Crippen LogP contribution >= 0.6 is 12.4 Å². The molecule has 142 valence electrons. The number of likely N-dealkylation sites (N-methyl/N-ethyl adjacent to an activating group) is 1. The average Bonchev–Trinajstić information content (AvgIpc) is 2.76. The van der Waals surface area contributed by atoms with E-state index >= 15 is 0 Å². The zero-order valence-electron chi connectivity index (χ0n) is 15.5. The molecule has 0 amide bonds. The molecule has 0 aliphatic carbocycles. The van der Waals surface area contributed by atoms with Gasteiger partial charge in [-0.05, 0) is 70.4 Å². The maximum absolute atomic E-state index is 10.9. The third kappa shape index (κ3) is 7.22. The second-order valence-corrected chi connectivity index (χ2v) is 6.85. The highest BCUT2D eigenvalue weighted by Gasteiger charge is 2.21. The van der Waals surface area contributed by atoms with Gasteiger partial charge in [-0.25, -0.2) is 0 Å². The molecular formula is C19H31ClN2O3. The quantitative estimate of drug-likeness (QED) is 0.799. The molecule has 1 fully saturated rings. The molecule has 1 N–H and O–H groups in total. The minimum absolute atomic E-state index is 0. The average molecular weight is 371 g/mol. The van der Waals surface area contributed by atoms with Gasteiger partial charge < -0.3 is 9.84 Å². The number of rotatable bonds is 7. The van der Waals surface area contributed by atoms with Crippen molar-refractivity contribution in [3.8, 4) is 5.75 Å². The Morgan fingerprint density at radius 2 is 2.08 bits per heavy atom. The molecule has 1 unspecified atom stereocenters. The molecule has 1 saturated heterocycles. The van der Waals surface area contributed by atoms with Crippen molar-refractivity contribution in [3.63, 3.8) is 0 Å². The Labute approximate surface area is 157 Å². The maximum Gasteiger partial charge on any atom is 0.317 e. The van der Waals surface area contributed by atoms with E-state index < -0.39 is 5.97 Å². The van der Waals surface area contributed by atoms with Crippen LogP contribution in [0.1, 0.15) is 30.4 Å². The second-order valence-electron chi connectivity index (χ2n) is 6.85. The summed E-state index contributed by atoms with van der Waals surface area (Å²) in [5.41, 5.74) is 2.39. The van der Waals surface area contributed by atoms with Crippen LogP contribution in [0, 0.1) is 13.8 Å². The summed E-state index contributed by atoms with van der Waals surface area (Å²) in [6.45, 7) is 7.96. The first-order valence-corrected chi connectivity index (χ1v) is 8.80. The first kappa shape index (κ1) is 21.7. The molecule has 0 bridgehead atoms. The number of halogens is 1. The summed E-state index contributed by atoms with van der Waals surface area (Å²) in [6, 6.07) is 6.66. The van der Waals surface area contributed by atoms with Crippen molar-refractivity contribution in [2.24, 2.45) is 0 Å². The molecule has 0 spiro atoms. The highest BCUT2D eigenvalue weighted by Crippen LogP contribution is 2.19. The maximum atomic E-state index is 10.9. The van der Waals surface area contributed by atoms with E-state index in [0.717, 1.165) is 44.6 Å². The Morgan fingerprint density at radius 3 is 2.80 bits per heavy atom. The number of carbonyl (C=O) groups is 1. The Morgan fingerprint density at radius 1 is 1.32 bits per heavy atom. The van der Waals surface area contributed by atoms with Gasteiger partial charge in [0, 0.05) is 12.6 Å². The van der Waals surface area contributed by atoms with Crippen LogP contribution < -0.4 is 4.74 Å². The molecule has 0 radical (unpaired) electrons. The lowest BCUT2D eigenvalue weighted by Crippen LogP contribution is -2.37. The molecule has 25 heavy (non-hydrogen) atoms. The van der Waals surface area contributed by atoms with Gasteiger partial charge in [-0.3, -0.25) is 14.6 Å². The monoisotopic (exact) mass is 370 g/mol. The number of carboxylic acids is 1. The number of carboxylic acid groups (broad SMARTS) is 1. The topological polar surface area (TPSA) is 53.0 Å². The molecule has 1 aliphatic heterocycles. The third-order valence-electron chi connectivity index (χ3n) is 4.81. The molecule has 0 aromatic heterocycles. The summed E-state index contributed by atoms with van der Waals surface area (Å²) in [5.74, 6) is 0.226. The lowest BCUT2D eigenvalue weighted by Gasteiger charge is -2.25. The summed E-state index contributed by atoms with van der Waals surface area (Å²) >= 11 is 0. The molecule has 1 aromatic rings. The van der Waals surface area contributed by atoms with Crippen LogP contribution in [-0.4, -0.2) is 66.8 Å². The SMILES string of the molecule is Cc1ccc(C)c(OCCN2CCCC(N(C)CC(=O)O)CC2)c1.Cl. The number of hydrogen-bond donors (Lipinski definition) is 1. The molecule has 1 atom stereocenters. The van der Waals surface area contributed by atoms with Gasteiger partial charge in [-0.2, -0.15) is 0 Å². The number of nitrogens with zero attached hydrogens (tertiary/aromatic N) is 2. The van der Waals surface area contributed by atoms with E-state index in [9.17, 15) is 4.79 Å². The molecule has 1 aliphatic rings. The summed E-state index contributed by atoms with van der Waals surface area (Å²) in [4.78, 5) is 15.3. The van der Waals surface area contributed by atoms with Gasteiger partial charge in [-0.15, -0.1) is 12.4 Å². The van der Waals surface area contributed by atoms with Crippen LogP contribution in [0.3, 0.4) is 0 Å². The van der Waals surface area contributed by atoms with E-state index in [0.29, 0.717) is 12.6 Å². The minimum atomic E-state index is -0.750. The number of aliphatic carboxylic acids is 1. The Hall–Kier alpha value is -1.30. The number of likely N-dealkylation sites (tertiary alicyclic amines) is 1. The number of benzene rings is 1. The zero-order valence-corrected chi connectivity index (χ0v) is 16.3. The number of ether oxygens (including phenoxy) is 1. The van der Waals surface area contributed by atoms with Gasteiger partial charge in [0.2, 0.25) is 0 Å². The largest absolute Gasteiger partial charge is 0.492 e. The van der Waals surface area contributed by atoms with Crippen molar-refractivity contribution in [2.45, 2.75) is 39.2 Å². The van der Waals surface area contributed by atoms with E-state index in [1.165, 1.54) is 11.1 Å². The standard InChI is InChI=1S/C19H30N2O3.ClH/c1-15-6-7-16(2)18(13-15)24-12-11-21-9-4-5-17(8-10-21)20(3)14-19(22)23;/h6-7,13,17H,4-5,8-12,14H2,1-3H3,(H,22,23);1H.